The van der Waals surface area contributed by atoms with E-state index in [0.29, 0.717) is 22.5 Å². The summed E-state index contributed by atoms with van der Waals surface area (Å²) in [5.74, 6) is 0.771. The lowest BCUT2D eigenvalue weighted by molar-refractivity contribution is 0.318. The van der Waals surface area contributed by atoms with Crippen molar-refractivity contribution in [3.63, 3.8) is 0 Å². The molecule has 0 saturated heterocycles. The second-order valence-corrected chi connectivity index (χ2v) is 4.33. The normalized spacial score (nSPS) is 12.0. The number of nitrogens with zero attached hydrogens (tertiary/aromatic N) is 4. The van der Waals surface area contributed by atoms with E-state index < -0.39 is 11.4 Å². The molecule has 0 saturated carbocycles. The number of amidine groups is 1. The van der Waals surface area contributed by atoms with Gasteiger partial charge in [0, 0.05) is 12.1 Å². The Bertz CT molecular complexity index is 958. The van der Waals surface area contributed by atoms with Crippen molar-refractivity contribution in [1.29, 1.82) is 0 Å². The van der Waals surface area contributed by atoms with Gasteiger partial charge in [0.05, 0.1) is 25.3 Å². The fraction of sp³-hybridized carbons (Fsp3) is 0.167. The number of oxime groups is 1. The molecular weight excluding hydrogens is 292 g/mol. The number of H-pyrrole nitrogens is 1. The molecule has 114 valence electrons. The first kappa shape index (κ1) is 13.7. The van der Waals surface area contributed by atoms with E-state index in [1.54, 1.807) is 12.1 Å². The number of benzene rings is 1. The summed E-state index contributed by atoms with van der Waals surface area (Å²) in [7, 11) is 3.01. The van der Waals surface area contributed by atoms with Crippen LogP contribution in [0.3, 0.4) is 0 Å². The first-order valence-electron chi connectivity index (χ1n) is 6.11. The van der Waals surface area contributed by atoms with E-state index in [-0.39, 0.29) is 11.5 Å². The SMILES string of the molecule is COc1cc2nc3nc(/C(N)=N/O)c(=O)[nH]n3c2cc1OC. The number of hydrogen-bond donors (Lipinski definition) is 3. The van der Waals surface area contributed by atoms with E-state index in [4.69, 9.17) is 20.4 Å². The van der Waals surface area contributed by atoms with Crippen molar-refractivity contribution in [2.24, 2.45) is 10.9 Å². The number of aromatic nitrogens is 4. The number of nitrogens with one attached hydrogen (secondary N) is 1. The minimum absolute atomic E-state index is 0.187. The minimum atomic E-state index is -0.614. The van der Waals surface area contributed by atoms with Crippen LogP contribution in [0, 0.1) is 0 Å². The van der Waals surface area contributed by atoms with E-state index >= 15 is 0 Å². The molecule has 0 bridgehead atoms. The molecule has 2 heterocycles. The third-order valence-corrected chi connectivity index (χ3v) is 3.13. The third kappa shape index (κ3) is 1.89. The van der Waals surface area contributed by atoms with E-state index in [1.807, 2.05) is 0 Å². The van der Waals surface area contributed by atoms with Gasteiger partial charge in [-0.3, -0.25) is 9.89 Å². The molecule has 10 heteroatoms. The lowest BCUT2D eigenvalue weighted by Crippen LogP contribution is -2.28. The van der Waals surface area contributed by atoms with E-state index in [9.17, 15) is 4.79 Å². The molecule has 0 spiro atoms. The van der Waals surface area contributed by atoms with Crippen molar-refractivity contribution in [2.45, 2.75) is 0 Å². The first-order valence-corrected chi connectivity index (χ1v) is 6.11. The Balaban J connectivity index is 2.37. The summed E-state index contributed by atoms with van der Waals surface area (Å²) >= 11 is 0. The molecule has 0 aliphatic carbocycles. The van der Waals surface area contributed by atoms with Crippen molar-refractivity contribution in [2.75, 3.05) is 14.2 Å². The predicted octanol–water partition coefficient (Wildman–Crippen LogP) is -0.317. The Morgan fingerprint density at radius 1 is 1.32 bits per heavy atom. The van der Waals surface area contributed by atoms with Gasteiger partial charge in [0.25, 0.3) is 11.3 Å². The molecule has 4 N–H and O–H groups in total. The van der Waals surface area contributed by atoms with Crippen LogP contribution < -0.4 is 20.8 Å². The molecular formula is C12H12N6O4. The molecule has 0 radical (unpaired) electrons. The van der Waals surface area contributed by atoms with Gasteiger partial charge < -0.3 is 20.4 Å². The lowest BCUT2D eigenvalue weighted by Gasteiger charge is -2.06. The smallest absolute Gasteiger partial charge is 0.292 e. The van der Waals surface area contributed by atoms with Crippen LogP contribution in [-0.4, -0.2) is 44.8 Å². The summed E-state index contributed by atoms with van der Waals surface area (Å²) in [4.78, 5) is 20.2. The molecule has 1 aromatic carbocycles. The van der Waals surface area contributed by atoms with Crippen LogP contribution in [0.25, 0.3) is 16.8 Å². The van der Waals surface area contributed by atoms with Gasteiger partial charge in [-0.15, -0.1) is 0 Å². The minimum Gasteiger partial charge on any atom is -0.493 e. The van der Waals surface area contributed by atoms with Crippen LogP contribution in [0.1, 0.15) is 5.69 Å². The largest absolute Gasteiger partial charge is 0.493 e. The number of methoxy groups -OCH3 is 2. The van der Waals surface area contributed by atoms with Crippen molar-refractivity contribution in [3.8, 4) is 11.5 Å². The molecule has 3 rings (SSSR count). The molecule has 0 aliphatic rings. The molecule has 0 unspecified atom stereocenters. The standard InChI is InChI=1S/C12H12N6O4/c1-21-7-3-5-6(4-8(7)22-2)18-12(14-5)15-9(10(13)17-20)11(19)16-18/h3-4,20H,1-2H3,(H2,13,17)(H,16,19). The van der Waals surface area contributed by atoms with Crippen molar-refractivity contribution in [3.05, 3.63) is 28.2 Å². The van der Waals surface area contributed by atoms with Gasteiger partial charge in [-0.25, -0.2) is 14.5 Å². The zero-order valence-electron chi connectivity index (χ0n) is 11.7. The summed E-state index contributed by atoms with van der Waals surface area (Å²) in [6.45, 7) is 0. The molecule has 0 atom stereocenters. The molecule has 10 nitrogen and oxygen atoms in total. The quantitative estimate of drug-likeness (QED) is 0.261. The number of ether oxygens (including phenoxy) is 2. The number of hydrogen-bond acceptors (Lipinski definition) is 7. The zero-order valence-corrected chi connectivity index (χ0v) is 11.7. The van der Waals surface area contributed by atoms with Gasteiger partial charge in [0.2, 0.25) is 0 Å². The van der Waals surface area contributed by atoms with Gasteiger partial charge in [-0.2, -0.15) is 0 Å². The molecule has 2 aromatic heterocycles. The van der Waals surface area contributed by atoms with Crippen LogP contribution in [-0.2, 0) is 0 Å². The van der Waals surface area contributed by atoms with Crippen LogP contribution in [0.2, 0.25) is 0 Å². The second-order valence-electron chi connectivity index (χ2n) is 4.33. The maximum atomic E-state index is 12.0. The van der Waals surface area contributed by atoms with E-state index in [2.05, 4.69) is 20.2 Å². The van der Waals surface area contributed by atoms with Crippen LogP contribution in [0.15, 0.2) is 22.1 Å². The number of imidazole rings is 1. The highest BCUT2D eigenvalue weighted by Gasteiger charge is 2.15. The molecule has 3 aromatic rings. The molecule has 0 aliphatic heterocycles. The van der Waals surface area contributed by atoms with Crippen LogP contribution in [0.5, 0.6) is 11.5 Å². The van der Waals surface area contributed by atoms with E-state index in [1.165, 1.54) is 18.7 Å². The average Bonchev–Trinajstić information content (AvgIpc) is 2.88. The van der Waals surface area contributed by atoms with Gasteiger partial charge in [-0.1, -0.05) is 5.16 Å². The third-order valence-electron chi connectivity index (χ3n) is 3.13. The highest BCUT2D eigenvalue weighted by molar-refractivity contribution is 5.95. The summed E-state index contributed by atoms with van der Waals surface area (Å²) < 4.78 is 11.8. The monoisotopic (exact) mass is 304 g/mol. The fourth-order valence-corrected chi connectivity index (χ4v) is 2.10. The molecule has 0 fully saturated rings. The van der Waals surface area contributed by atoms with Gasteiger partial charge in [0.1, 0.15) is 0 Å². The highest BCUT2D eigenvalue weighted by atomic mass is 16.5. The Morgan fingerprint density at radius 3 is 2.64 bits per heavy atom. The number of aromatic amines is 1. The average molecular weight is 304 g/mol. The van der Waals surface area contributed by atoms with E-state index in [0.717, 1.165) is 0 Å². The fourth-order valence-electron chi connectivity index (χ4n) is 2.10. The summed E-state index contributed by atoms with van der Waals surface area (Å²) in [6.07, 6.45) is 0. The lowest BCUT2D eigenvalue weighted by atomic mass is 10.3. The maximum Gasteiger partial charge on any atom is 0.292 e. The zero-order chi connectivity index (χ0) is 15.9. The first-order chi connectivity index (χ1) is 10.6. The Labute approximate surface area is 122 Å². The highest BCUT2D eigenvalue weighted by Crippen LogP contribution is 2.31. The second kappa shape index (κ2) is 4.91. The summed E-state index contributed by atoms with van der Waals surface area (Å²) in [5, 5.41) is 14.0. The van der Waals surface area contributed by atoms with Gasteiger partial charge in [0.15, 0.2) is 23.0 Å². The number of rotatable bonds is 3. The van der Waals surface area contributed by atoms with Crippen LogP contribution in [0.4, 0.5) is 0 Å². The topological polar surface area (TPSA) is 140 Å². The number of nitrogens with two attached hydrogens (primary N) is 1. The predicted molar refractivity (Wildman–Crippen MR) is 76.7 cm³/mol. The molecule has 22 heavy (non-hydrogen) atoms. The molecule has 0 amide bonds. The van der Waals surface area contributed by atoms with Crippen molar-refractivity contribution < 1.29 is 14.7 Å². The summed E-state index contributed by atoms with van der Waals surface area (Å²) in [5.41, 5.74) is 5.69. The Kier molecular flexibility index (Phi) is 3.05. The Morgan fingerprint density at radius 2 is 2.00 bits per heavy atom. The Hall–Kier alpha value is -3.30. The van der Waals surface area contributed by atoms with Crippen molar-refractivity contribution in [1.82, 2.24) is 19.6 Å². The van der Waals surface area contributed by atoms with Crippen molar-refractivity contribution >= 4 is 22.6 Å². The van der Waals surface area contributed by atoms with Gasteiger partial charge >= 0.3 is 0 Å². The number of fused-ring (bicyclic) bond motifs is 3. The summed E-state index contributed by atoms with van der Waals surface area (Å²) in [6, 6.07) is 3.32. The maximum absolute atomic E-state index is 12.0. The van der Waals surface area contributed by atoms with Crippen LogP contribution >= 0.6 is 0 Å². The van der Waals surface area contributed by atoms with Gasteiger partial charge in [-0.05, 0) is 0 Å².